The van der Waals surface area contributed by atoms with Crippen LogP contribution in [0.1, 0.15) is 42.9 Å². The van der Waals surface area contributed by atoms with Crippen molar-refractivity contribution in [1.82, 2.24) is 0 Å². The monoisotopic (exact) mass is 237 g/mol. The lowest BCUT2D eigenvalue weighted by atomic mass is 9.90. The van der Waals surface area contributed by atoms with Gasteiger partial charge in [-0.25, -0.2) is 4.39 Å². The molecule has 3 heteroatoms. The molecule has 0 radical (unpaired) electrons. The van der Waals surface area contributed by atoms with Gasteiger partial charge in [-0.3, -0.25) is 0 Å². The summed E-state index contributed by atoms with van der Waals surface area (Å²) in [4.78, 5) is 0. The molecule has 0 amide bonds. The molecule has 1 aromatic carbocycles. The molecule has 0 aromatic heterocycles. The minimum absolute atomic E-state index is 0.227. The Morgan fingerprint density at radius 3 is 2.65 bits per heavy atom. The van der Waals surface area contributed by atoms with E-state index in [2.05, 4.69) is 0 Å². The van der Waals surface area contributed by atoms with E-state index in [9.17, 15) is 9.50 Å². The third-order valence-corrected chi connectivity index (χ3v) is 3.76. The molecule has 1 aliphatic carbocycles. The number of hydrogen-bond donors (Lipinski definition) is 2. The molecule has 0 bridgehead atoms. The van der Waals surface area contributed by atoms with E-state index in [1.54, 1.807) is 12.1 Å². The number of nitrogens with two attached hydrogens (primary N) is 1. The highest BCUT2D eigenvalue weighted by Crippen LogP contribution is 2.33. The third-order valence-electron chi connectivity index (χ3n) is 3.76. The van der Waals surface area contributed by atoms with Gasteiger partial charge in [-0.05, 0) is 31.7 Å². The van der Waals surface area contributed by atoms with Crippen LogP contribution in [0.2, 0.25) is 0 Å². The zero-order chi connectivity index (χ0) is 12.4. The van der Waals surface area contributed by atoms with Gasteiger partial charge in [-0.1, -0.05) is 30.5 Å². The van der Waals surface area contributed by atoms with Crippen molar-refractivity contribution in [2.75, 3.05) is 0 Å². The Morgan fingerprint density at radius 2 is 2.00 bits per heavy atom. The smallest absolute Gasteiger partial charge is 0.128 e. The molecule has 0 unspecified atom stereocenters. The fourth-order valence-electron chi connectivity index (χ4n) is 2.69. The molecule has 0 aliphatic heterocycles. The largest absolute Gasteiger partial charge is 0.391 e. The second-order valence-corrected chi connectivity index (χ2v) is 5.09. The van der Waals surface area contributed by atoms with E-state index < -0.39 is 12.1 Å². The molecule has 94 valence electrons. The fraction of sp³-hybridized carbons (Fsp3) is 0.571. The molecule has 3 N–H and O–H groups in total. The first kappa shape index (κ1) is 12.5. The number of benzene rings is 1. The Labute approximate surface area is 102 Å². The molecule has 0 heterocycles. The quantitative estimate of drug-likeness (QED) is 0.849. The van der Waals surface area contributed by atoms with Gasteiger partial charge in [-0.2, -0.15) is 0 Å². The first-order chi connectivity index (χ1) is 8.09. The number of hydrogen-bond acceptors (Lipinski definition) is 2. The molecule has 1 aliphatic rings. The van der Waals surface area contributed by atoms with Crippen LogP contribution in [-0.4, -0.2) is 11.2 Å². The Hall–Kier alpha value is -0.930. The van der Waals surface area contributed by atoms with Crippen LogP contribution in [0.3, 0.4) is 0 Å². The van der Waals surface area contributed by atoms with Gasteiger partial charge in [0.25, 0.3) is 0 Å². The Bertz CT molecular complexity index is 388. The third kappa shape index (κ3) is 2.67. The number of aliphatic hydroxyl groups excluding tert-OH is 1. The van der Waals surface area contributed by atoms with Gasteiger partial charge in [0.1, 0.15) is 5.82 Å². The van der Waals surface area contributed by atoms with Gasteiger partial charge in [0.15, 0.2) is 0 Å². The standard InChI is InChI=1S/C14H20FNO/c1-9-6-7-12(15)11(8-9)13(16)14(17)10-4-2-3-5-10/h6-8,10,13-14,17H,2-5,16H2,1H3/t13-,14+/m1/s1. The Balaban J connectivity index is 2.17. The summed E-state index contributed by atoms with van der Waals surface area (Å²) in [5.41, 5.74) is 7.40. The lowest BCUT2D eigenvalue weighted by Crippen LogP contribution is -2.32. The molecule has 0 saturated heterocycles. The zero-order valence-electron chi connectivity index (χ0n) is 10.2. The van der Waals surface area contributed by atoms with E-state index in [-0.39, 0.29) is 11.7 Å². The van der Waals surface area contributed by atoms with Crippen molar-refractivity contribution >= 4 is 0 Å². The first-order valence-corrected chi connectivity index (χ1v) is 6.29. The van der Waals surface area contributed by atoms with E-state index in [0.29, 0.717) is 5.56 Å². The maximum absolute atomic E-state index is 13.7. The maximum Gasteiger partial charge on any atom is 0.128 e. The molecule has 2 rings (SSSR count). The van der Waals surface area contributed by atoms with Crippen molar-refractivity contribution in [1.29, 1.82) is 0 Å². The molecular weight excluding hydrogens is 217 g/mol. The Kier molecular flexibility index (Phi) is 3.79. The topological polar surface area (TPSA) is 46.2 Å². The lowest BCUT2D eigenvalue weighted by Gasteiger charge is -2.25. The molecule has 2 nitrogen and oxygen atoms in total. The second-order valence-electron chi connectivity index (χ2n) is 5.09. The van der Waals surface area contributed by atoms with Crippen molar-refractivity contribution in [2.24, 2.45) is 11.7 Å². The van der Waals surface area contributed by atoms with Crippen LogP contribution in [0.15, 0.2) is 18.2 Å². The molecule has 2 atom stereocenters. The van der Waals surface area contributed by atoms with Crippen LogP contribution in [-0.2, 0) is 0 Å². The summed E-state index contributed by atoms with van der Waals surface area (Å²) in [6, 6.07) is 4.26. The van der Waals surface area contributed by atoms with E-state index in [1.165, 1.54) is 6.07 Å². The van der Waals surface area contributed by atoms with Crippen LogP contribution in [0.4, 0.5) is 4.39 Å². The SMILES string of the molecule is Cc1ccc(F)c([C@@H](N)[C@@H](O)C2CCCC2)c1. The second kappa shape index (κ2) is 5.15. The summed E-state index contributed by atoms with van der Waals surface area (Å²) in [6.07, 6.45) is 3.66. The van der Waals surface area contributed by atoms with E-state index in [4.69, 9.17) is 5.73 Å². The van der Waals surface area contributed by atoms with Gasteiger partial charge < -0.3 is 10.8 Å². The molecule has 1 saturated carbocycles. The summed E-state index contributed by atoms with van der Waals surface area (Å²) < 4.78 is 13.7. The highest BCUT2D eigenvalue weighted by Gasteiger charge is 2.29. The van der Waals surface area contributed by atoms with Gasteiger partial charge >= 0.3 is 0 Å². The highest BCUT2D eigenvalue weighted by atomic mass is 19.1. The van der Waals surface area contributed by atoms with Gasteiger partial charge in [0, 0.05) is 5.56 Å². The predicted molar refractivity (Wildman–Crippen MR) is 66.0 cm³/mol. The fourth-order valence-corrected chi connectivity index (χ4v) is 2.69. The highest BCUT2D eigenvalue weighted by molar-refractivity contribution is 5.27. The average molecular weight is 237 g/mol. The van der Waals surface area contributed by atoms with Gasteiger partial charge in [-0.15, -0.1) is 0 Å². The minimum atomic E-state index is -0.631. The van der Waals surface area contributed by atoms with Crippen molar-refractivity contribution in [2.45, 2.75) is 44.8 Å². The average Bonchev–Trinajstić information content (AvgIpc) is 2.84. The first-order valence-electron chi connectivity index (χ1n) is 6.29. The number of aryl methyl sites for hydroxylation is 1. The van der Waals surface area contributed by atoms with Crippen LogP contribution in [0, 0.1) is 18.7 Å². The van der Waals surface area contributed by atoms with Crippen LogP contribution in [0.25, 0.3) is 0 Å². The summed E-state index contributed by atoms with van der Waals surface area (Å²) >= 11 is 0. The van der Waals surface area contributed by atoms with Crippen molar-refractivity contribution in [3.8, 4) is 0 Å². The molecule has 1 aromatic rings. The normalized spacial score (nSPS) is 20.5. The lowest BCUT2D eigenvalue weighted by molar-refractivity contribution is 0.0833. The van der Waals surface area contributed by atoms with Crippen molar-refractivity contribution in [3.05, 3.63) is 35.1 Å². The zero-order valence-corrected chi connectivity index (χ0v) is 10.2. The predicted octanol–water partition coefficient (Wildman–Crippen LogP) is 2.69. The van der Waals surface area contributed by atoms with E-state index in [1.807, 2.05) is 6.92 Å². The van der Waals surface area contributed by atoms with Crippen LogP contribution in [0.5, 0.6) is 0 Å². The number of halogens is 1. The molecule has 17 heavy (non-hydrogen) atoms. The van der Waals surface area contributed by atoms with Crippen LogP contribution >= 0.6 is 0 Å². The van der Waals surface area contributed by atoms with Gasteiger partial charge in [0.2, 0.25) is 0 Å². The maximum atomic E-state index is 13.7. The number of rotatable bonds is 3. The minimum Gasteiger partial charge on any atom is -0.391 e. The van der Waals surface area contributed by atoms with Crippen LogP contribution < -0.4 is 5.73 Å². The molecule has 0 spiro atoms. The number of aliphatic hydroxyl groups is 1. The van der Waals surface area contributed by atoms with Gasteiger partial charge in [0.05, 0.1) is 12.1 Å². The van der Waals surface area contributed by atoms with E-state index >= 15 is 0 Å². The molecule has 1 fully saturated rings. The van der Waals surface area contributed by atoms with E-state index in [0.717, 1.165) is 31.2 Å². The Morgan fingerprint density at radius 1 is 1.35 bits per heavy atom. The summed E-state index contributed by atoms with van der Waals surface area (Å²) in [6.45, 7) is 1.90. The summed E-state index contributed by atoms with van der Waals surface area (Å²) in [5, 5.41) is 10.2. The summed E-state index contributed by atoms with van der Waals surface area (Å²) in [5.74, 6) is -0.0925. The van der Waals surface area contributed by atoms with Crippen molar-refractivity contribution in [3.63, 3.8) is 0 Å². The van der Waals surface area contributed by atoms with Crippen molar-refractivity contribution < 1.29 is 9.50 Å². The molecular formula is C14H20FNO. The summed E-state index contributed by atoms with van der Waals surface area (Å²) in [7, 11) is 0.